The van der Waals surface area contributed by atoms with Gasteiger partial charge >= 0.3 is 0 Å². The highest BCUT2D eigenvalue weighted by molar-refractivity contribution is 7.15. The summed E-state index contributed by atoms with van der Waals surface area (Å²) in [6.45, 7) is 8.66. The van der Waals surface area contributed by atoms with Crippen LogP contribution in [0.1, 0.15) is 51.0 Å². The second-order valence-electron chi connectivity index (χ2n) is 6.01. The van der Waals surface area contributed by atoms with E-state index >= 15 is 0 Å². The van der Waals surface area contributed by atoms with E-state index in [9.17, 15) is 8.78 Å². The molecule has 0 saturated heterocycles. The summed E-state index contributed by atoms with van der Waals surface area (Å²) >= 11 is 1.58. The van der Waals surface area contributed by atoms with Crippen molar-refractivity contribution in [1.29, 1.82) is 0 Å². The van der Waals surface area contributed by atoms with Crippen LogP contribution in [0.15, 0.2) is 18.2 Å². The fourth-order valence-electron chi connectivity index (χ4n) is 2.87. The van der Waals surface area contributed by atoms with Crippen LogP contribution in [-0.2, 0) is 12.8 Å². The third kappa shape index (κ3) is 3.97. The van der Waals surface area contributed by atoms with Crippen molar-refractivity contribution in [3.8, 4) is 16.2 Å². The number of fused-ring (bicyclic) bond motifs is 1. The maximum absolute atomic E-state index is 14.3. The van der Waals surface area contributed by atoms with Gasteiger partial charge in [0.1, 0.15) is 0 Å². The predicted octanol–water partition coefficient (Wildman–Crippen LogP) is 6.63. The van der Waals surface area contributed by atoms with Gasteiger partial charge in [-0.1, -0.05) is 34.1 Å². The second-order valence-corrected chi connectivity index (χ2v) is 7.15. The highest BCUT2D eigenvalue weighted by Crippen LogP contribution is 2.40. The minimum atomic E-state index is -0.879. The monoisotopic (exact) mass is 352 g/mol. The molecule has 1 atom stereocenters. The highest BCUT2D eigenvalue weighted by atomic mass is 32.1. The lowest BCUT2D eigenvalue weighted by Crippen LogP contribution is -2.01. The average Bonchev–Trinajstić information content (AvgIpc) is 3.11. The number of rotatable bonds is 5. The molecule has 4 heteroatoms. The number of unbranched alkanes of at least 4 members (excludes halogenated alkanes) is 1. The largest absolute Gasteiger partial charge is 0.490 e. The summed E-state index contributed by atoms with van der Waals surface area (Å²) in [6.07, 6.45) is 3.87. The fourth-order valence-corrected chi connectivity index (χ4v) is 4.24. The number of hydrogen-bond donors (Lipinski definition) is 0. The lowest BCUT2D eigenvalue weighted by Gasteiger charge is -2.09. The zero-order chi connectivity index (χ0) is 17.7. The summed E-state index contributed by atoms with van der Waals surface area (Å²) in [6, 6.07) is 5.18. The molecular formula is C20H26F2OS. The van der Waals surface area contributed by atoms with Crippen molar-refractivity contribution in [3.05, 3.63) is 40.3 Å². The van der Waals surface area contributed by atoms with E-state index in [0.29, 0.717) is 18.1 Å². The average molecular weight is 352 g/mol. The molecule has 1 aromatic carbocycles. The first-order chi connectivity index (χ1) is 11.6. The minimum absolute atomic E-state index is 0.00687. The third-order valence-corrected chi connectivity index (χ3v) is 5.30. The van der Waals surface area contributed by atoms with E-state index in [-0.39, 0.29) is 5.75 Å². The number of hydrogen-bond acceptors (Lipinski definition) is 2. The molecule has 0 saturated carbocycles. The smallest absolute Gasteiger partial charge is 0.201 e. The molecule has 1 aromatic heterocycles. The van der Waals surface area contributed by atoms with E-state index in [1.54, 1.807) is 17.4 Å². The molecular weight excluding hydrogens is 326 g/mol. The topological polar surface area (TPSA) is 9.23 Å². The van der Waals surface area contributed by atoms with Crippen molar-refractivity contribution in [1.82, 2.24) is 0 Å². The molecule has 0 radical (unpaired) electrons. The molecule has 132 valence electrons. The molecule has 24 heavy (non-hydrogen) atoms. The zero-order valence-electron chi connectivity index (χ0n) is 14.9. The summed E-state index contributed by atoms with van der Waals surface area (Å²) in [5.41, 5.74) is 1.63. The van der Waals surface area contributed by atoms with Crippen LogP contribution in [0.2, 0.25) is 0 Å². The van der Waals surface area contributed by atoms with E-state index in [4.69, 9.17) is 4.74 Å². The Kier molecular flexibility index (Phi) is 6.79. The number of thiophene rings is 1. The second kappa shape index (κ2) is 8.61. The van der Waals surface area contributed by atoms with Crippen LogP contribution >= 0.6 is 11.3 Å². The SMILES string of the molecule is CC.CCCCOc1ccc(-c2cc3c(s2)CC(C)C3)c(F)c1F. The number of benzene rings is 1. The first-order valence-corrected chi connectivity index (χ1v) is 9.64. The van der Waals surface area contributed by atoms with Crippen LogP contribution in [0, 0.1) is 17.6 Å². The Balaban J connectivity index is 0.00000100. The lowest BCUT2D eigenvalue weighted by atomic mass is 10.1. The first kappa shape index (κ1) is 18.9. The molecule has 0 aliphatic heterocycles. The number of ether oxygens (including phenoxy) is 1. The molecule has 2 aromatic rings. The van der Waals surface area contributed by atoms with Gasteiger partial charge < -0.3 is 4.74 Å². The lowest BCUT2D eigenvalue weighted by molar-refractivity contribution is 0.289. The van der Waals surface area contributed by atoms with Gasteiger partial charge in [-0.05, 0) is 48.9 Å². The Morgan fingerprint density at radius 3 is 2.58 bits per heavy atom. The highest BCUT2D eigenvalue weighted by Gasteiger charge is 2.23. The molecule has 1 aliphatic rings. The van der Waals surface area contributed by atoms with E-state index < -0.39 is 11.6 Å². The van der Waals surface area contributed by atoms with Crippen LogP contribution in [-0.4, -0.2) is 6.61 Å². The molecule has 0 fully saturated rings. The van der Waals surface area contributed by atoms with E-state index in [2.05, 4.69) is 6.92 Å². The van der Waals surface area contributed by atoms with Gasteiger partial charge in [-0.15, -0.1) is 11.3 Å². The van der Waals surface area contributed by atoms with Crippen molar-refractivity contribution >= 4 is 11.3 Å². The van der Waals surface area contributed by atoms with Gasteiger partial charge in [-0.2, -0.15) is 4.39 Å². The van der Waals surface area contributed by atoms with Crippen LogP contribution in [0.3, 0.4) is 0 Å². The quantitative estimate of drug-likeness (QED) is 0.549. The maximum Gasteiger partial charge on any atom is 0.201 e. The number of halogens is 2. The van der Waals surface area contributed by atoms with E-state index in [1.807, 2.05) is 26.8 Å². The van der Waals surface area contributed by atoms with Crippen LogP contribution in [0.25, 0.3) is 10.4 Å². The first-order valence-electron chi connectivity index (χ1n) is 8.83. The van der Waals surface area contributed by atoms with E-state index in [1.165, 1.54) is 16.5 Å². The molecule has 1 nitrogen and oxygen atoms in total. The predicted molar refractivity (Wildman–Crippen MR) is 98.0 cm³/mol. The Hall–Kier alpha value is -1.42. The molecule has 3 rings (SSSR count). The van der Waals surface area contributed by atoms with Crippen LogP contribution in [0.4, 0.5) is 8.78 Å². The van der Waals surface area contributed by atoms with Crippen molar-refractivity contribution in [2.24, 2.45) is 5.92 Å². The Bertz CT molecular complexity index is 655. The Labute approximate surface area is 147 Å². The van der Waals surface area contributed by atoms with Crippen molar-refractivity contribution < 1.29 is 13.5 Å². The summed E-state index contributed by atoms with van der Waals surface area (Å²) in [7, 11) is 0. The molecule has 0 amide bonds. The summed E-state index contributed by atoms with van der Waals surface area (Å²) in [4.78, 5) is 2.12. The molecule has 0 spiro atoms. The van der Waals surface area contributed by atoms with Gasteiger partial charge in [-0.3, -0.25) is 0 Å². The summed E-state index contributed by atoms with van der Waals surface area (Å²) in [5.74, 6) is -1.02. The standard InChI is InChI=1S/C18H20F2OS.C2H6/c1-3-4-7-21-14-6-5-13(17(19)18(14)20)16-10-12-8-11(2)9-15(12)22-16;1-2/h5-6,10-11H,3-4,7-9H2,1-2H3;1-2H3. The van der Waals surface area contributed by atoms with Gasteiger partial charge in [0.2, 0.25) is 5.82 Å². The van der Waals surface area contributed by atoms with E-state index in [0.717, 1.165) is 30.6 Å². The van der Waals surface area contributed by atoms with Crippen molar-refractivity contribution in [2.45, 2.75) is 53.4 Å². The van der Waals surface area contributed by atoms with Crippen molar-refractivity contribution in [3.63, 3.8) is 0 Å². The molecule has 0 N–H and O–H groups in total. The summed E-state index contributed by atoms with van der Waals surface area (Å²) in [5, 5.41) is 0. The van der Waals surface area contributed by atoms with Crippen molar-refractivity contribution in [2.75, 3.05) is 6.61 Å². The zero-order valence-corrected chi connectivity index (χ0v) is 15.7. The minimum Gasteiger partial charge on any atom is -0.490 e. The molecule has 1 unspecified atom stereocenters. The molecule has 1 heterocycles. The Morgan fingerprint density at radius 1 is 1.17 bits per heavy atom. The van der Waals surface area contributed by atoms with Gasteiger partial charge in [0.25, 0.3) is 0 Å². The van der Waals surface area contributed by atoms with Crippen LogP contribution < -0.4 is 4.74 Å². The molecule has 1 aliphatic carbocycles. The normalized spacial score (nSPS) is 15.7. The van der Waals surface area contributed by atoms with Crippen LogP contribution in [0.5, 0.6) is 5.75 Å². The Morgan fingerprint density at radius 2 is 1.92 bits per heavy atom. The molecule has 0 bridgehead atoms. The van der Waals surface area contributed by atoms with Gasteiger partial charge in [0.15, 0.2) is 11.6 Å². The maximum atomic E-state index is 14.3. The van der Waals surface area contributed by atoms with Gasteiger partial charge in [-0.25, -0.2) is 4.39 Å². The fraction of sp³-hybridized carbons (Fsp3) is 0.500. The summed E-state index contributed by atoms with van der Waals surface area (Å²) < 4.78 is 33.8. The van der Waals surface area contributed by atoms with Gasteiger partial charge in [0.05, 0.1) is 6.61 Å². The van der Waals surface area contributed by atoms with Gasteiger partial charge in [0, 0.05) is 15.3 Å². The third-order valence-electron chi connectivity index (χ3n) is 4.07.